The fraction of sp³-hybridized carbons (Fsp3) is 0.133. The third-order valence-corrected chi connectivity index (χ3v) is 3.95. The van der Waals surface area contributed by atoms with Gasteiger partial charge in [0.2, 0.25) is 0 Å². The Morgan fingerprint density at radius 1 is 1.35 bits per heavy atom. The summed E-state index contributed by atoms with van der Waals surface area (Å²) in [6, 6.07) is 5.52. The summed E-state index contributed by atoms with van der Waals surface area (Å²) in [5.74, 6) is 0.616. The van der Waals surface area contributed by atoms with Gasteiger partial charge in [0.15, 0.2) is 5.52 Å². The summed E-state index contributed by atoms with van der Waals surface area (Å²) in [5.41, 5.74) is 4.40. The van der Waals surface area contributed by atoms with Gasteiger partial charge in [0.25, 0.3) is 5.65 Å². The molecule has 0 unspecified atom stereocenters. The molecule has 0 aromatic carbocycles. The predicted molar refractivity (Wildman–Crippen MR) is 74.2 cm³/mol. The second kappa shape index (κ2) is 3.25. The molecule has 5 rings (SSSR count). The second-order valence-corrected chi connectivity index (χ2v) is 4.98. The molecular formula is C15H12N5+. The molecule has 0 amide bonds. The Morgan fingerprint density at radius 3 is 3.30 bits per heavy atom. The minimum atomic E-state index is -2.28. The van der Waals surface area contributed by atoms with Crippen LogP contribution < -0.4 is 4.40 Å². The number of pyridine rings is 2. The molecule has 0 saturated heterocycles. The summed E-state index contributed by atoms with van der Waals surface area (Å²) in [4.78, 5) is 8.56. The maximum Gasteiger partial charge on any atom is 0.329 e. The number of imidazole rings is 2. The van der Waals surface area contributed by atoms with Gasteiger partial charge in [-0.05, 0) is 23.8 Å². The number of rotatable bonds is 0. The van der Waals surface area contributed by atoms with Crippen molar-refractivity contribution >= 4 is 16.9 Å². The van der Waals surface area contributed by atoms with E-state index in [0.717, 1.165) is 16.8 Å². The van der Waals surface area contributed by atoms with Crippen molar-refractivity contribution in [2.75, 3.05) is 0 Å². The highest BCUT2D eigenvalue weighted by Gasteiger charge is 2.29. The van der Waals surface area contributed by atoms with Crippen molar-refractivity contribution in [3.8, 4) is 11.3 Å². The Balaban J connectivity index is 1.97. The topological polar surface area (TPSA) is 39.7 Å². The molecule has 0 atom stereocenters. The van der Waals surface area contributed by atoms with E-state index in [4.69, 9.17) is 4.11 Å². The van der Waals surface area contributed by atoms with Gasteiger partial charge in [-0.3, -0.25) is 4.98 Å². The number of aryl methyl sites for hydroxylation is 1. The maximum atomic E-state index is 7.95. The van der Waals surface area contributed by atoms with Crippen LogP contribution in [0.25, 0.3) is 28.2 Å². The number of aromatic nitrogens is 5. The van der Waals surface area contributed by atoms with Crippen LogP contribution in [0.3, 0.4) is 0 Å². The van der Waals surface area contributed by atoms with Gasteiger partial charge >= 0.3 is 5.78 Å². The summed E-state index contributed by atoms with van der Waals surface area (Å²) in [6.07, 6.45) is 7.21. The summed E-state index contributed by atoms with van der Waals surface area (Å²) >= 11 is 0. The van der Waals surface area contributed by atoms with Gasteiger partial charge in [0, 0.05) is 24.9 Å². The van der Waals surface area contributed by atoms with Crippen LogP contribution in [0.1, 0.15) is 9.68 Å². The van der Waals surface area contributed by atoms with Crippen LogP contribution in [0, 0.1) is 0 Å². The molecule has 0 saturated carbocycles. The van der Waals surface area contributed by atoms with Crippen molar-refractivity contribution in [3.05, 3.63) is 48.5 Å². The van der Waals surface area contributed by atoms with Crippen molar-refractivity contribution in [1.29, 1.82) is 0 Å². The molecule has 4 aromatic rings. The number of fused-ring (bicyclic) bond motifs is 7. The van der Waals surface area contributed by atoms with Crippen LogP contribution in [0.15, 0.2) is 43.0 Å². The normalized spacial score (nSPS) is 15.9. The fourth-order valence-corrected chi connectivity index (χ4v) is 3.06. The van der Waals surface area contributed by atoms with E-state index in [1.807, 2.05) is 27.4 Å². The first-order valence-corrected chi connectivity index (χ1v) is 6.40. The Morgan fingerprint density at radius 2 is 2.35 bits per heavy atom. The Kier molecular flexibility index (Phi) is 1.27. The molecule has 1 aliphatic rings. The highest BCUT2D eigenvalue weighted by Crippen LogP contribution is 2.32. The molecule has 0 aliphatic carbocycles. The lowest BCUT2D eigenvalue weighted by Gasteiger charge is -1.94. The Bertz CT molecular complexity index is 1090. The van der Waals surface area contributed by atoms with Crippen LogP contribution in [0.5, 0.6) is 0 Å². The monoisotopic (exact) mass is 265 g/mol. The standard InChI is InChI=1S/C15H12N5/c1-18-12-3-2-5-17-14(12)20-9-13-11-7-16-6-4-10(11)8-19(13)15(18)20/h2-7,9H,8H2,1H3/q+1/i1D3. The quantitative estimate of drug-likeness (QED) is 0.398. The van der Waals surface area contributed by atoms with Gasteiger partial charge in [0.05, 0.1) is 23.1 Å². The molecule has 0 fully saturated rings. The number of hydrogen-bond acceptors (Lipinski definition) is 2. The van der Waals surface area contributed by atoms with E-state index in [0.29, 0.717) is 23.5 Å². The van der Waals surface area contributed by atoms with E-state index in [-0.39, 0.29) is 0 Å². The third-order valence-electron chi connectivity index (χ3n) is 3.95. The second-order valence-electron chi connectivity index (χ2n) is 4.98. The molecule has 0 radical (unpaired) electrons. The zero-order chi connectivity index (χ0) is 15.8. The summed E-state index contributed by atoms with van der Waals surface area (Å²) in [6.45, 7) is -1.64. The highest BCUT2D eigenvalue weighted by molar-refractivity contribution is 5.74. The zero-order valence-corrected chi connectivity index (χ0v) is 10.5. The molecule has 0 spiro atoms. The number of nitrogens with zero attached hydrogens (tertiary/aromatic N) is 5. The minimum Gasteiger partial charge on any atom is -0.264 e. The lowest BCUT2D eigenvalue weighted by atomic mass is 10.1. The zero-order valence-electron chi connectivity index (χ0n) is 13.5. The lowest BCUT2D eigenvalue weighted by molar-refractivity contribution is -0.482. The van der Waals surface area contributed by atoms with Crippen molar-refractivity contribution in [3.63, 3.8) is 0 Å². The van der Waals surface area contributed by atoms with E-state index in [2.05, 4.69) is 9.97 Å². The van der Waals surface area contributed by atoms with Gasteiger partial charge in [0.1, 0.15) is 5.69 Å². The maximum absolute atomic E-state index is 7.95. The molecule has 5 nitrogen and oxygen atoms in total. The largest absolute Gasteiger partial charge is 0.329 e. The molecule has 0 N–H and O–H groups in total. The Hall–Kier alpha value is -2.69. The molecule has 0 bridgehead atoms. The van der Waals surface area contributed by atoms with Gasteiger partial charge in [-0.25, -0.2) is 9.13 Å². The van der Waals surface area contributed by atoms with E-state index in [9.17, 15) is 0 Å². The Labute approximate surface area is 119 Å². The van der Waals surface area contributed by atoms with E-state index >= 15 is 0 Å². The van der Waals surface area contributed by atoms with E-state index < -0.39 is 6.98 Å². The van der Waals surface area contributed by atoms with Crippen LogP contribution in [0.2, 0.25) is 0 Å². The minimum absolute atomic E-state index is 0.604. The highest BCUT2D eigenvalue weighted by atomic mass is 15.3. The van der Waals surface area contributed by atoms with Crippen LogP contribution in [-0.4, -0.2) is 19.1 Å². The van der Waals surface area contributed by atoms with Crippen molar-refractivity contribution < 1.29 is 8.51 Å². The van der Waals surface area contributed by atoms with Crippen molar-refractivity contribution in [2.24, 2.45) is 6.98 Å². The first-order chi connectivity index (χ1) is 11.1. The molecule has 5 heteroatoms. The molecule has 4 aromatic heterocycles. The summed E-state index contributed by atoms with van der Waals surface area (Å²) in [7, 11) is 0. The van der Waals surface area contributed by atoms with Crippen LogP contribution in [0.4, 0.5) is 0 Å². The smallest absolute Gasteiger partial charge is 0.264 e. The number of hydrogen-bond donors (Lipinski definition) is 0. The average Bonchev–Trinajstić information content (AvgIpc) is 3.13. The van der Waals surface area contributed by atoms with Crippen LogP contribution >= 0.6 is 0 Å². The van der Waals surface area contributed by atoms with Gasteiger partial charge in [-0.1, -0.05) is 0 Å². The molecule has 96 valence electrons. The molecular weight excluding hydrogens is 250 g/mol. The molecule has 5 heterocycles. The van der Waals surface area contributed by atoms with Crippen molar-refractivity contribution in [1.82, 2.24) is 19.1 Å². The summed E-state index contributed by atoms with van der Waals surface area (Å²) < 4.78 is 29.1. The molecule has 1 aliphatic heterocycles. The average molecular weight is 265 g/mol. The van der Waals surface area contributed by atoms with Crippen molar-refractivity contribution in [2.45, 2.75) is 6.54 Å². The summed E-state index contributed by atoms with van der Waals surface area (Å²) in [5, 5.41) is 0. The van der Waals surface area contributed by atoms with E-state index in [1.54, 1.807) is 24.5 Å². The van der Waals surface area contributed by atoms with Gasteiger partial charge in [-0.15, -0.1) is 4.98 Å². The third kappa shape index (κ3) is 1.02. The van der Waals surface area contributed by atoms with Gasteiger partial charge in [-0.2, -0.15) is 4.40 Å². The first-order valence-electron chi connectivity index (χ1n) is 7.90. The first kappa shape index (κ1) is 7.79. The van der Waals surface area contributed by atoms with E-state index in [1.165, 1.54) is 4.57 Å². The van der Waals surface area contributed by atoms with Gasteiger partial charge < -0.3 is 0 Å². The molecule has 20 heavy (non-hydrogen) atoms. The van der Waals surface area contributed by atoms with Crippen LogP contribution in [-0.2, 0) is 13.5 Å². The predicted octanol–water partition coefficient (Wildman–Crippen LogP) is 1.54. The fourth-order valence-electron chi connectivity index (χ4n) is 3.06. The SMILES string of the molecule is [2H]C([2H])([2H])n1c2cccnc2[n+]2cc3n(c12)Cc1ccncc1-3. The lowest BCUT2D eigenvalue weighted by Crippen LogP contribution is -2.19.